The van der Waals surface area contributed by atoms with Gasteiger partial charge in [-0.05, 0) is 30.7 Å². The van der Waals surface area contributed by atoms with E-state index in [1.807, 2.05) is 6.92 Å². The minimum Gasteiger partial charge on any atom is -0.239 e. The van der Waals surface area contributed by atoms with Gasteiger partial charge in [0.2, 0.25) is 0 Å². The molecule has 0 fully saturated rings. The zero-order valence-corrected chi connectivity index (χ0v) is 11.0. The van der Waals surface area contributed by atoms with Crippen LogP contribution in [0, 0.1) is 12.7 Å². The first kappa shape index (κ1) is 11.6. The van der Waals surface area contributed by atoms with Crippen LogP contribution in [0.4, 0.5) is 4.39 Å². The quantitative estimate of drug-likeness (QED) is 0.614. The Balaban J connectivity index is 2.30. The minimum atomic E-state index is -0.260. The van der Waals surface area contributed by atoms with E-state index in [0.717, 1.165) is 26.5 Å². The summed E-state index contributed by atoms with van der Waals surface area (Å²) in [6.07, 6.45) is 0. The van der Waals surface area contributed by atoms with Gasteiger partial charge in [-0.15, -0.1) is 0 Å². The first-order valence-electron chi connectivity index (χ1n) is 5.33. The Morgan fingerprint density at radius 3 is 2.61 bits per heavy atom. The summed E-state index contributed by atoms with van der Waals surface area (Å²) in [6, 6.07) is 8.05. The highest BCUT2D eigenvalue weighted by Crippen LogP contribution is 2.32. The summed E-state index contributed by atoms with van der Waals surface area (Å²) in [5.74, 6) is -0.260. The number of rotatable bonds is 1. The second-order valence-electron chi connectivity index (χ2n) is 3.89. The zero-order valence-electron chi connectivity index (χ0n) is 9.45. The van der Waals surface area contributed by atoms with Crippen molar-refractivity contribution in [2.24, 2.45) is 0 Å². The van der Waals surface area contributed by atoms with E-state index in [9.17, 15) is 4.39 Å². The molecule has 0 spiro atoms. The molecule has 0 amide bonds. The molecular weight excluding hydrogens is 271 g/mol. The van der Waals surface area contributed by atoms with Crippen molar-refractivity contribution in [3.63, 3.8) is 0 Å². The maximum atomic E-state index is 12.9. The normalized spacial score (nSPS) is 11.1. The average molecular weight is 279 g/mol. The number of aromatic nitrogens is 2. The molecule has 0 saturated carbocycles. The van der Waals surface area contributed by atoms with Crippen molar-refractivity contribution in [3.05, 3.63) is 46.3 Å². The fourth-order valence-corrected chi connectivity index (χ4v) is 2.89. The van der Waals surface area contributed by atoms with E-state index in [1.165, 1.54) is 23.5 Å². The lowest BCUT2D eigenvalue weighted by Gasteiger charge is -2.03. The molecule has 0 saturated heterocycles. The molecule has 0 aliphatic rings. The second kappa shape index (κ2) is 4.30. The first-order valence-corrected chi connectivity index (χ1v) is 6.52. The van der Waals surface area contributed by atoms with Crippen molar-refractivity contribution < 1.29 is 4.39 Å². The summed E-state index contributed by atoms with van der Waals surface area (Å²) >= 11 is 7.51. The number of hydrogen-bond acceptors (Lipinski definition) is 3. The molecule has 2 nitrogen and oxygen atoms in total. The molecule has 5 heteroatoms. The van der Waals surface area contributed by atoms with Crippen molar-refractivity contribution in [2.75, 3.05) is 0 Å². The topological polar surface area (TPSA) is 25.8 Å². The van der Waals surface area contributed by atoms with Gasteiger partial charge in [-0.2, -0.15) is 0 Å². The average Bonchev–Trinajstić information content (AvgIpc) is 2.69. The molecule has 0 N–H and O–H groups in total. The summed E-state index contributed by atoms with van der Waals surface area (Å²) in [6.45, 7) is 1.93. The number of halogens is 2. The summed E-state index contributed by atoms with van der Waals surface area (Å²) in [7, 11) is 0. The van der Waals surface area contributed by atoms with Gasteiger partial charge < -0.3 is 0 Å². The number of aryl methyl sites for hydroxylation is 1. The van der Waals surface area contributed by atoms with E-state index in [-0.39, 0.29) is 5.82 Å². The van der Waals surface area contributed by atoms with Gasteiger partial charge in [0.15, 0.2) is 0 Å². The lowest BCUT2D eigenvalue weighted by atomic mass is 10.1. The highest BCUT2D eigenvalue weighted by Gasteiger charge is 2.11. The molecule has 0 radical (unpaired) electrons. The molecule has 2 aromatic heterocycles. The second-order valence-corrected chi connectivity index (χ2v) is 5.45. The number of hydrogen-bond donors (Lipinski definition) is 0. The van der Waals surface area contributed by atoms with Crippen molar-refractivity contribution in [2.45, 2.75) is 6.92 Å². The van der Waals surface area contributed by atoms with Crippen LogP contribution in [0.5, 0.6) is 0 Å². The highest BCUT2D eigenvalue weighted by atomic mass is 35.5. The summed E-state index contributed by atoms with van der Waals surface area (Å²) < 4.78 is 12.9. The van der Waals surface area contributed by atoms with Crippen molar-refractivity contribution >= 4 is 33.3 Å². The molecule has 1 aromatic carbocycles. The number of benzene rings is 1. The monoisotopic (exact) mass is 278 g/mol. The third-order valence-corrected chi connectivity index (χ3v) is 3.66. The fourth-order valence-electron chi connectivity index (χ4n) is 1.83. The smallest absolute Gasteiger partial charge is 0.145 e. The van der Waals surface area contributed by atoms with Gasteiger partial charge in [-0.3, -0.25) is 0 Å². The molecule has 0 aliphatic carbocycles. The number of nitrogens with zero attached hydrogens (tertiary/aromatic N) is 2. The number of pyridine rings is 1. The van der Waals surface area contributed by atoms with Gasteiger partial charge in [0.05, 0.1) is 5.01 Å². The predicted octanol–water partition coefficient (Wildman–Crippen LogP) is 4.46. The molecule has 18 heavy (non-hydrogen) atoms. The number of thiazole rings is 1. The van der Waals surface area contributed by atoms with Crippen LogP contribution in [-0.4, -0.2) is 9.97 Å². The van der Waals surface area contributed by atoms with Crippen LogP contribution in [0.3, 0.4) is 0 Å². The van der Waals surface area contributed by atoms with Crippen LogP contribution < -0.4 is 0 Å². The van der Waals surface area contributed by atoms with Crippen LogP contribution in [0.1, 0.15) is 5.01 Å². The first-order chi connectivity index (χ1) is 8.63. The van der Waals surface area contributed by atoms with E-state index < -0.39 is 0 Å². The van der Waals surface area contributed by atoms with Crippen molar-refractivity contribution in [1.82, 2.24) is 9.97 Å². The molecule has 2 heterocycles. The summed E-state index contributed by atoms with van der Waals surface area (Å²) in [5, 5.41) is 1.36. The van der Waals surface area contributed by atoms with Gasteiger partial charge in [-0.1, -0.05) is 35.1 Å². The molecule has 0 atom stereocenters. The zero-order chi connectivity index (χ0) is 12.7. The SMILES string of the molecule is Cc1nc2c(-c3ccc(F)cc3)cc(Cl)nc2s1. The lowest BCUT2D eigenvalue weighted by molar-refractivity contribution is 0.628. The van der Waals surface area contributed by atoms with Crippen LogP contribution in [0.15, 0.2) is 30.3 Å². The Morgan fingerprint density at radius 2 is 1.89 bits per heavy atom. The lowest BCUT2D eigenvalue weighted by Crippen LogP contribution is -1.85. The van der Waals surface area contributed by atoms with Crippen molar-refractivity contribution in [3.8, 4) is 11.1 Å². The highest BCUT2D eigenvalue weighted by molar-refractivity contribution is 7.18. The number of fused-ring (bicyclic) bond motifs is 1. The molecule has 0 bridgehead atoms. The predicted molar refractivity (Wildman–Crippen MR) is 72.6 cm³/mol. The maximum absolute atomic E-state index is 12.9. The van der Waals surface area contributed by atoms with E-state index in [0.29, 0.717) is 5.15 Å². The van der Waals surface area contributed by atoms with Gasteiger partial charge >= 0.3 is 0 Å². The third kappa shape index (κ3) is 1.98. The summed E-state index contributed by atoms with van der Waals surface area (Å²) in [4.78, 5) is 9.51. The summed E-state index contributed by atoms with van der Waals surface area (Å²) in [5.41, 5.74) is 2.58. The molecule has 3 aromatic rings. The fraction of sp³-hybridized carbons (Fsp3) is 0.0769. The third-order valence-electron chi connectivity index (χ3n) is 2.60. The van der Waals surface area contributed by atoms with E-state index in [1.54, 1.807) is 18.2 Å². The Morgan fingerprint density at radius 1 is 1.17 bits per heavy atom. The van der Waals surface area contributed by atoms with E-state index >= 15 is 0 Å². The molecule has 0 aliphatic heterocycles. The maximum Gasteiger partial charge on any atom is 0.145 e. The van der Waals surface area contributed by atoms with Crippen LogP contribution in [0.25, 0.3) is 21.5 Å². The van der Waals surface area contributed by atoms with Crippen LogP contribution in [-0.2, 0) is 0 Å². The molecule has 90 valence electrons. The van der Waals surface area contributed by atoms with Crippen LogP contribution in [0.2, 0.25) is 5.15 Å². The van der Waals surface area contributed by atoms with Gasteiger partial charge in [0.1, 0.15) is 21.3 Å². The Kier molecular flexibility index (Phi) is 2.76. The standard InChI is InChI=1S/C13H8ClFN2S/c1-7-16-12-10(6-11(14)17-13(12)18-7)8-2-4-9(15)5-3-8/h2-6H,1H3. The van der Waals surface area contributed by atoms with Crippen LogP contribution >= 0.6 is 22.9 Å². The Labute approximate surface area is 112 Å². The van der Waals surface area contributed by atoms with E-state index in [2.05, 4.69) is 9.97 Å². The van der Waals surface area contributed by atoms with E-state index in [4.69, 9.17) is 11.6 Å². The van der Waals surface area contributed by atoms with Gasteiger partial charge in [0.25, 0.3) is 0 Å². The molecule has 3 rings (SSSR count). The largest absolute Gasteiger partial charge is 0.239 e. The Bertz CT molecular complexity index is 722. The Hall–Kier alpha value is -1.52. The van der Waals surface area contributed by atoms with Crippen molar-refractivity contribution in [1.29, 1.82) is 0 Å². The van der Waals surface area contributed by atoms with Gasteiger partial charge in [-0.25, -0.2) is 14.4 Å². The minimum absolute atomic E-state index is 0.260. The van der Waals surface area contributed by atoms with Gasteiger partial charge in [0, 0.05) is 5.56 Å². The molecular formula is C13H8ClFN2S. The molecule has 0 unspecified atom stereocenters.